The van der Waals surface area contributed by atoms with Gasteiger partial charge in [0, 0.05) is 5.57 Å². The molecule has 0 saturated carbocycles. The van der Waals surface area contributed by atoms with Crippen LogP contribution in [-0.4, -0.2) is 30.4 Å². The van der Waals surface area contributed by atoms with E-state index in [4.69, 9.17) is 18.7 Å². The molecule has 0 bridgehead atoms. The molecular formula is C10H19O6P. The number of carboxylic acids is 1. The molecule has 1 atom stereocenters. The molecule has 100 valence electrons. The fourth-order valence-electron chi connectivity index (χ4n) is 1.07. The Balaban J connectivity index is 4.61. The third kappa shape index (κ3) is 6.58. The van der Waals surface area contributed by atoms with Gasteiger partial charge in [-0.2, -0.15) is 0 Å². The highest BCUT2D eigenvalue weighted by Crippen LogP contribution is 2.50. The first kappa shape index (κ1) is 16.3. The van der Waals surface area contributed by atoms with Crippen molar-refractivity contribution >= 4 is 13.8 Å². The highest BCUT2D eigenvalue weighted by atomic mass is 31.2. The SMILES string of the molecule is CCOP(=O)(OCC)OC(C)C=C(C)C(=O)O. The molecule has 1 N–H and O–H groups in total. The van der Waals surface area contributed by atoms with E-state index in [0.717, 1.165) is 0 Å². The lowest BCUT2D eigenvalue weighted by atomic mass is 10.2. The number of aliphatic carboxylic acids is 1. The first-order chi connectivity index (χ1) is 7.84. The Morgan fingerprint density at radius 3 is 2.18 bits per heavy atom. The summed E-state index contributed by atoms with van der Waals surface area (Å²) in [4.78, 5) is 10.6. The summed E-state index contributed by atoms with van der Waals surface area (Å²) in [5.74, 6) is -1.05. The zero-order valence-corrected chi connectivity index (χ0v) is 11.4. The van der Waals surface area contributed by atoms with E-state index in [2.05, 4.69) is 0 Å². The van der Waals surface area contributed by atoms with Crippen LogP contribution in [0.3, 0.4) is 0 Å². The minimum Gasteiger partial charge on any atom is -0.478 e. The molecule has 0 fully saturated rings. The largest absolute Gasteiger partial charge is 0.478 e. The van der Waals surface area contributed by atoms with E-state index in [0.29, 0.717) is 0 Å². The first-order valence-electron chi connectivity index (χ1n) is 5.33. The molecule has 0 heterocycles. The second-order valence-corrected chi connectivity index (χ2v) is 4.87. The minimum absolute atomic E-state index is 0.108. The molecule has 0 spiro atoms. The van der Waals surface area contributed by atoms with Crippen molar-refractivity contribution in [2.24, 2.45) is 0 Å². The maximum absolute atomic E-state index is 11.9. The zero-order valence-electron chi connectivity index (χ0n) is 10.5. The molecule has 0 amide bonds. The first-order valence-corrected chi connectivity index (χ1v) is 6.80. The number of carboxylic acid groups (broad SMARTS) is 1. The lowest BCUT2D eigenvalue weighted by Crippen LogP contribution is -2.09. The number of hydrogen-bond acceptors (Lipinski definition) is 5. The quantitative estimate of drug-likeness (QED) is 0.537. The van der Waals surface area contributed by atoms with Gasteiger partial charge in [-0.05, 0) is 33.8 Å². The highest BCUT2D eigenvalue weighted by Gasteiger charge is 2.27. The van der Waals surface area contributed by atoms with Crippen molar-refractivity contribution in [1.29, 1.82) is 0 Å². The topological polar surface area (TPSA) is 82.1 Å². The van der Waals surface area contributed by atoms with Gasteiger partial charge >= 0.3 is 13.8 Å². The summed E-state index contributed by atoms with van der Waals surface area (Å²) < 4.78 is 26.9. The number of hydrogen-bond donors (Lipinski definition) is 1. The number of rotatable bonds is 8. The fraction of sp³-hybridized carbons (Fsp3) is 0.700. The zero-order chi connectivity index (χ0) is 13.5. The number of carbonyl (C=O) groups is 1. The van der Waals surface area contributed by atoms with Crippen LogP contribution in [0.2, 0.25) is 0 Å². The number of phosphoric acid groups is 1. The number of phosphoric ester groups is 1. The predicted octanol–water partition coefficient (Wildman–Crippen LogP) is 2.60. The van der Waals surface area contributed by atoms with Crippen molar-refractivity contribution in [2.75, 3.05) is 13.2 Å². The van der Waals surface area contributed by atoms with Gasteiger partial charge in [0.05, 0.1) is 19.3 Å². The van der Waals surface area contributed by atoms with Crippen LogP contribution in [0.4, 0.5) is 0 Å². The van der Waals surface area contributed by atoms with Crippen LogP contribution in [-0.2, 0) is 22.9 Å². The van der Waals surface area contributed by atoms with Gasteiger partial charge in [0.1, 0.15) is 0 Å². The second-order valence-electron chi connectivity index (χ2n) is 3.25. The van der Waals surface area contributed by atoms with E-state index >= 15 is 0 Å². The van der Waals surface area contributed by atoms with Gasteiger partial charge in [-0.3, -0.25) is 13.6 Å². The van der Waals surface area contributed by atoms with Gasteiger partial charge in [-0.1, -0.05) is 0 Å². The van der Waals surface area contributed by atoms with E-state index < -0.39 is 19.9 Å². The molecule has 0 saturated heterocycles. The highest BCUT2D eigenvalue weighted by molar-refractivity contribution is 7.48. The summed E-state index contributed by atoms with van der Waals surface area (Å²) in [6.07, 6.45) is 0.669. The summed E-state index contributed by atoms with van der Waals surface area (Å²) in [5, 5.41) is 8.68. The maximum Gasteiger partial charge on any atom is 0.475 e. The minimum atomic E-state index is -3.60. The standard InChI is InChI=1S/C10H19O6P/c1-5-14-17(13,15-6-2)16-9(4)7-8(3)10(11)12/h7,9H,5-6H2,1-4H3,(H,11,12). The summed E-state index contributed by atoms with van der Waals surface area (Å²) in [6.45, 7) is 6.69. The summed E-state index contributed by atoms with van der Waals surface area (Å²) in [5.41, 5.74) is 0.108. The maximum atomic E-state index is 11.9. The average molecular weight is 266 g/mol. The van der Waals surface area contributed by atoms with Gasteiger partial charge in [0.25, 0.3) is 0 Å². The Labute approximate surface area is 101 Å². The van der Waals surface area contributed by atoms with Crippen molar-refractivity contribution in [2.45, 2.75) is 33.8 Å². The Kier molecular flexibility index (Phi) is 7.30. The molecule has 7 heteroatoms. The molecule has 0 radical (unpaired) electrons. The Morgan fingerprint density at radius 2 is 1.82 bits per heavy atom. The predicted molar refractivity (Wildman–Crippen MR) is 62.8 cm³/mol. The van der Waals surface area contributed by atoms with E-state index in [1.807, 2.05) is 0 Å². The van der Waals surface area contributed by atoms with Crippen molar-refractivity contribution in [1.82, 2.24) is 0 Å². The molecule has 0 aliphatic carbocycles. The summed E-state index contributed by atoms with van der Waals surface area (Å²) in [6, 6.07) is 0. The normalized spacial score (nSPS) is 14.7. The molecule has 0 rings (SSSR count). The van der Waals surface area contributed by atoms with Gasteiger partial charge < -0.3 is 5.11 Å². The molecule has 0 aliphatic rings. The molecule has 0 aliphatic heterocycles. The van der Waals surface area contributed by atoms with Crippen molar-refractivity contribution < 1.29 is 28.0 Å². The van der Waals surface area contributed by atoms with E-state index in [9.17, 15) is 9.36 Å². The third-order valence-corrected chi connectivity index (χ3v) is 3.43. The van der Waals surface area contributed by atoms with Crippen LogP contribution in [0.1, 0.15) is 27.7 Å². The van der Waals surface area contributed by atoms with Crippen LogP contribution in [0.5, 0.6) is 0 Å². The Morgan fingerprint density at radius 1 is 1.35 bits per heavy atom. The van der Waals surface area contributed by atoms with Crippen LogP contribution in [0.15, 0.2) is 11.6 Å². The van der Waals surface area contributed by atoms with Crippen LogP contribution in [0.25, 0.3) is 0 Å². The molecule has 6 nitrogen and oxygen atoms in total. The average Bonchev–Trinajstić information content (AvgIpc) is 2.16. The van der Waals surface area contributed by atoms with E-state index in [1.165, 1.54) is 13.0 Å². The Hall–Kier alpha value is -0.680. The smallest absolute Gasteiger partial charge is 0.475 e. The van der Waals surface area contributed by atoms with Crippen LogP contribution < -0.4 is 0 Å². The lowest BCUT2D eigenvalue weighted by Gasteiger charge is -2.19. The molecule has 0 aromatic rings. The van der Waals surface area contributed by atoms with E-state index in [-0.39, 0.29) is 18.8 Å². The molecule has 17 heavy (non-hydrogen) atoms. The Bertz CT molecular complexity index is 315. The van der Waals surface area contributed by atoms with Crippen molar-refractivity contribution in [3.8, 4) is 0 Å². The molecular weight excluding hydrogens is 247 g/mol. The van der Waals surface area contributed by atoms with Crippen molar-refractivity contribution in [3.05, 3.63) is 11.6 Å². The van der Waals surface area contributed by atoms with Gasteiger partial charge in [-0.15, -0.1) is 0 Å². The second kappa shape index (κ2) is 7.61. The van der Waals surface area contributed by atoms with Gasteiger partial charge in [0.15, 0.2) is 0 Å². The molecule has 1 unspecified atom stereocenters. The summed E-state index contributed by atoms with van der Waals surface area (Å²) >= 11 is 0. The van der Waals surface area contributed by atoms with Crippen LogP contribution >= 0.6 is 7.82 Å². The third-order valence-electron chi connectivity index (χ3n) is 1.69. The van der Waals surface area contributed by atoms with Gasteiger partial charge in [0.2, 0.25) is 0 Å². The summed E-state index contributed by atoms with van der Waals surface area (Å²) in [7, 11) is -3.60. The molecule has 0 aromatic carbocycles. The molecule has 0 aromatic heterocycles. The van der Waals surface area contributed by atoms with Crippen LogP contribution in [0, 0.1) is 0 Å². The monoisotopic (exact) mass is 266 g/mol. The van der Waals surface area contributed by atoms with Crippen molar-refractivity contribution in [3.63, 3.8) is 0 Å². The lowest BCUT2D eigenvalue weighted by molar-refractivity contribution is -0.132. The van der Waals surface area contributed by atoms with Gasteiger partial charge in [-0.25, -0.2) is 9.36 Å². The van der Waals surface area contributed by atoms with E-state index in [1.54, 1.807) is 20.8 Å². The fourth-order valence-corrected chi connectivity index (χ4v) is 2.37.